The molecule has 1 aromatic carbocycles. The number of amides is 1. The summed E-state index contributed by atoms with van der Waals surface area (Å²) in [6.07, 6.45) is 2.95. The van der Waals surface area contributed by atoms with E-state index in [-0.39, 0.29) is 37.1 Å². The second-order valence-corrected chi connectivity index (χ2v) is 7.06. The van der Waals surface area contributed by atoms with Gasteiger partial charge in [-0.05, 0) is 33.2 Å². The van der Waals surface area contributed by atoms with E-state index in [9.17, 15) is 14.4 Å². The lowest BCUT2D eigenvalue weighted by Gasteiger charge is -2.25. The number of likely N-dealkylation sites (tertiary alicyclic amines) is 1. The maximum Gasteiger partial charge on any atom is 0.317 e. The number of nitrogens with zero attached hydrogens (tertiary/aromatic N) is 2. The zero-order valence-corrected chi connectivity index (χ0v) is 15.6. The van der Waals surface area contributed by atoms with Gasteiger partial charge in [0.25, 0.3) is 0 Å². The molecule has 1 aliphatic rings. The van der Waals surface area contributed by atoms with E-state index < -0.39 is 5.97 Å². The number of Topliss-reactive ketones (excluding diaryl/α,β-unsaturated/α-hetero) is 1. The third-order valence-electron chi connectivity index (χ3n) is 5.00. The van der Waals surface area contributed by atoms with Crippen LogP contribution in [-0.2, 0) is 9.59 Å². The van der Waals surface area contributed by atoms with Crippen molar-refractivity contribution in [1.82, 2.24) is 9.80 Å². The molecule has 142 valence electrons. The van der Waals surface area contributed by atoms with Crippen LogP contribution in [0.1, 0.15) is 48.0 Å². The highest BCUT2D eigenvalue weighted by Gasteiger charge is 2.24. The number of hydrogen-bond donors (Lipinski definition) is 1. The minimum Gasteiger partial charge on any atom is -0.480 e. The molecule has 6 heteroatoms. The van der Waals surface area contributed by atoms with E-state index in [1.807, 2.05) is 35.9 Å². The van der Waals surface area contributed by atoms with Crippen molar-refractivity contribution < 1.29 is 19.5 Å². The smallest absolute Gasteiger partial charge is 0.317 e. The Kier molecular flexibility index (Phi) is 7.33. The van der Waals surface area contributed by atoms with E-state index in [1.54, 1.807) is 12.1 Å². The standard InChI is InChI=1S/C20H28N2O4/c1-15-5-7-16(8-6-15)18(23)9-10-19(24)22-12-3-4-17(11-13-22)21(2)14-20(25)26/h5-8,17H,3-4,9-14H2,1-2H3,(H,25,26). The molecule has 0 aliphatic carbocycles. The molecule has 1 N–H and O–H groups in total. The molecule has 0 aromatic heterocycles. The molecule has 1 heterocycles. The largest absolute Gasteiger partial charge is 0.480 e. The van der Waals surface area contributed by atoms with Gasteiger partial charge >= 0.3 is 5.97 Å². The van der Waals surface area contributed by atoms with Crippen molar-refractivity contribution in [3.05, 3.63) is 35.4 Å². The fourth-order valence-corrected chi connectivity index (χ4v) is 3.37. The topological polar surface area (TPSA) is 77.9 Å². The second kappa shape index (κ2) is 9.48. The van der Waals surface area contributed by atoms with E-state index in [1.165, 1.54) is 0 Å². The molecular weight excluding hydrogens is 332 g/mol. The fraction of sp³-hybridized carbons (Fsp3) is 0.550. The van der Waals surface area contributed by atoms with E-state index >= 15 is 0 Å². The molecule has 2 rings (SSSR count). The molecule has 0 spiro atoms. The number of carbonyl (C=O) groups excluding carboxylic acids is 2. The number of hydrogen-bond acceptors (Lipinski definition) is 4. The van der Waals surface area contributed by atoms with Crippen molar-refractivity contribution in [2.45, 2.75) is 45.1 Å². The molecule has 26 heavy (non-hydrogen) atoms. The van der Waals surface area contributed by atoms with Gasteiger partial charge in [-0.2, -0.15) is 0 Å². The average molecular weight is 360 g/mol. The number of carboxylic acids is 1. The van der Waals surface area contributed by atoms with E-state index in [2.05, 4.69) is 0 Å². The summed E-state index contributed by atoms with van der Waals surface area (Å²) in [7, 11) is 1.82. The Bertz CT molecular complexity index is 642. The molecule has 1 unspecified atom stereocenters. The first kappa shape index (κ1) is 20.1. The van der Waals surface area contributed by atoms with Crippen molar-refractivity contribution in [3.63, 3.8) is 0 Å². The van der Waals surface area contributed by atoms with Gasteiger partial charge in [0.2, 0.25) is 5.91 Å². The first-order chi connectivity index (χ1) is 12.4. The number of benzene rings is 1. The first-order valence-electron chi connectivity index (χ1n) is 9.16. The van der Waals surface area contributed by atoms with E-state index in [0.29, 0.717) is 18.7 Å². The zero-order valence-electron chi connectivity index (χ0n) is 15.6. The van der Waals surface area contributed by atoms with Gasteiger partial charge in [-0.25, -0.2) is 0 Å². The molecule has 0 saturated carbocycles. The average Bonchev–Trinajstić information content (AvgIpc) is 2.85. The lowest BCUT2D eigenvalue weighted by molar-refractivity contribution is -0.138. The van der Waals surface area contributed by atoms with Gasteiger partial charge in [-0.3, -0.25) is 19.3 Å². The lowest BCUT2D eigenvalue weighted by Crippen LogP contribution is -2.37. The van der Waals surface area contributed by atoms with E-state index in [0.717, 1.165) is 24.8 Å². The second-order valence-electron chi connectivity index (χ2n) is 7.06. The summed E-state index contributed by atoms with van der Waals surface area (Å²) in [4.78, 5) is 39.2. The Morgan fingerprint density at radius 3 is 2.46 bits per heavy atom. The highest BCUT2D eigenvalue weighted by molar-refractivity contribution is 5.97. The third kappa shape index (κ3) is 5.95. The predicted molar refractivity (Wildman–Crippen MR) is 99.2 cm³/mol. The van der Waals surface area contributed by atoms with E-state index in [4.69, 9.17) is 5.11 Å². The minimum atomic E-state index is -0.834. The van der Waals surface area contributed by atoms with Crippen LogP contribution in [0.15, 0.2) is 24.3 Å². The fourth-order valence-electron chi connectivity index (χ4n) is 3.37. The first-order valence-corrected chi connectivity index (χ1v) is 9.16. The molecule has 1 saturated heterocycles. The monoisotopic (exact) mass is 360 g/mol. The van der Waals surface area contributed by atoms with Crippen LogP contribution in [0.3, 0.4) is 0 Å². The number of aliphatic carboxylic acids is 1. The summed E-state index contributed by atoms with van der Waals surface area (Å²) in [6, 6.07) is 7.58. The Morgan fingerprint density at radius 2 is 1.81 bits per heavy atom. The summed E-state index contributed by atoms with van der Waals surface area (Å²) >= 11 is 0. The van der Waals surface area contributed by atoms with Crippen LogP contribution < -0.4 is 0 Å². The Hall–Kier alpha value is -2.21. The van der Waals surface area contributed by atoms with Gasteiger partial charge in [0.05, 0.1) is 6.54 Å². The molecule has 1 aromatic rings. The number of aryl methyl sites for hydroxylation is 1. The molecule has 0 radical (unpaired) electrons. The van der Waals surface area contributed by atoms with Gasteiger partial charge in [-0.15, -0.1) is 0 Å². The quantitative estimate of drug-likeness (QED) is 0.755. The van der Waals surface area contributed by atoms with Crippen LogP contribution >= 0.6 is 0 Å². The highest BCUT2D eigenvalue weighted by Crippen LogP contribution is 2.17. The summed E-state index contributed by atoms with van der Waals surface area (Å²) in [5, 5.41) is 8.92. The SMILES string of the molecule is Cc1ccc(C(=O)CCC(=O)N2CCCC(N(C)CC(=O)O)CC2)cc1. The number of likely N-dealkylation sites (N-methyl/N-ethyl adjacent to an activating group) is 1. The molecule has 1 amide bonds. The Labute approximate surface area is 154 Å². The molecule has 0 bridgehead atoms. The van der Waals surface area contributed by atoms with Crippen LogP contribution in [-0.4, -0.2) is 65.3 Å². The summed E-state index contributed by atoms with van der Waals surface area (Å²) in [5.41, 5.74) is 1.75. The zero-order chi connectivity index (χ0) is 19.1. The van der Waals surface area contributed by atoms with Gasteiger partial charge < -0.3 is 10.0 Å². The van der Waals surface area contributed by atoms with Crippen LogP contribution in [0.4, 0.5) is 0 Å². The van der Waals surface area contributed by atoms with Crippen molar-refractivity contribution in [2.75, 3.05) is 26.7 Å². The normalized spacial score (nSPS) is 17.8. The molecule has 1 fully saturated rings. The third-order valence-corrected chi connectivity index (χ3v) is 5.00. The van der Waals surface area contributed by atoms with Crippen molar-refractivity contribution in [2.24, 2.45) is 0 Å². The van der Waals surface area contributed by atoms with Crippen LogP contribution in [0.5, 0.6) is 0 Å². The van der Waals surface area contributed by atoms with Crippen molar-refractivity contribution in [1.29, 1.82) is 0 Å². The number of ketones is 1. The summed E-state index contributed by atoms with van der Waals surface area (Å²) < 4.78 is 0. The molecular formula is C20H28N2O4. The highest BCUT2D eigenvalue weighted by atomic mass is 16.4. The van der Waals surface area contributed by atoms with Crippen LogP contribution in [0, 0.1) is 6.92 Å². The lowest BCUT2D eigenvalue weighted by atomic mass is 10.0. The predicted octanol–water partition coefficient (Wildman–Crippen LogP) is 2.36. The summed E-state index contributed by atoms with van der Waals surface area (Å²) in [5.74, 6) is -0.835. The number of carboxylic acid groups (broad SMARTS) is 1. The molecule has 1 aliphatic heterocycles. The maximum atomic E-state index is 12.5. The minimum absolute atomic E-state index is 0.00648. The summed E-state index contributed by atoms with van der Waals surface area (Å²) in [6.45, 7) is 3.28. The molecule has 1 atom stereocenters. The Balaban J connectivity index is 1.81. The Morgan fingerprint density at radius 1 is 1.12 bits per heavy atom. The van der Waals surface area contributed by atoms with Crippen molar-refractivity contribution >= 4 is 17.7 Å². The molecule has 6 nitrogen and oxygen atoms in total. The van der Waals surface area contributed by atoms with Gasteiger partial charge in [0.15, 0.2) is 5.78 Å². The van der Waals surface area contributed by atoms with Gasteiger partial charge in [0.1, 0.15) is 0 Å². The van der Waals surface area contributed by atoms with Gasteiger partial charge in [-0.1, -0.05) is 29.8 Å². The number of carbonyl (C=O) groups is 3. The van der Waals surface area contributed by atoms with Crippen LogP contribution in [0.2, 0.25) is 0 Å². The van der Waals surface area contributed by atoms with Crippen molar-refractivity contribution in [3.8, 4) is 0 Å². The van der Waals surface area contributed by atoms with Gasteiger partial charge in [0, 0.05) is 37.5 Å². The maximum absolute atomic E-state index is 12.5. The van der Waals surface area contributed by atoms with Crippen LogP contribution in [0.25, 0.3) is 0 Å². The number of rotatable bonds is 7.